The van der Waals surface area contributed by atoms with Gasteiger partial charge in [-0.1, -0.05) is 38.1 Å². The van der Waals surface area contributed by atoms with E-state index in [1.807, 2.05) is 44.2 Å². The second-order valence-electron chi connectivity index (χ2n) is 4.40. The van der Waals surface area contributed by atoms with Crippen molar-refractivity contribution in [3.05, 3.63) is 42.2 Å². The molecular formula is C14H15NO. The molecule has 0 aliphatic carbocycles. The molecule has 82 valence electrons. The summed E-state index contributed by atoms with van der Waals surface area (Å²) in [6.45, 7) is 4.09. The predicted octanol–water partition coefficient (Wildman–Crippen LogP) is 3.46. The molecule has 0 aliphatic rings. The zero-order valence-electron chi connectivity index (χ0n) is 9.60. The molecule has 2 aromatic rings. The van der Waals surface area contributed by atoms with Crippen molar-refractivity contribution >= 4 is 16.6 Å². The van der Waals surface area contributed by atoms with Crippen LogP contribution in [0, 0.1) is 5.92 Å². The third-order valence-electron chi connectivity index (χ3n) is 2.53. The first-order valence-corrected chi connectivity index (χ1v) is 5.55. The molecule has 0 saturated heterocycles. The van der Waals surface area contributed by atoms with Gasteiger partial charge in [0.2, 0.25) is 0 Å². The first-order chi connectivity index (χ1) is 7.68. The molecule has 0 amide bonds. The van der Waals surface area contributed by atoms with Crippen LogP contribution in [0.4, 0.5) is 0 Å². The van der Waals surface area contributed by atoms with E-state index in [-0.39, 0.29) is 5.78 Å². The highest BCUT2D eigenvalue weighted by Gasteiger charge is 2.12. The summed E-state index contributed by atoms with van der Waals surface area (Å²) in [6.07, 6.45) is 2.26. The number of hydrogen-bond acceptors (Lipinski definition) is 2. The quantitative estimate of drug-likeness (QED) is 0.731. The van der Waals surface area contributed by atoms with E-state index in [2.05, 4.69) is 4.98 Å². The minimum atomic E-state index is 0.131. The van der Waals surface area contributed by atoms with Crippen LogP contribution in [0.1, 0.15) is 30.8 Å². The average Bonchev–Trinajstić information content (AvgIpc) is 2.27. The van der Waals surface area contributed by atoms with Crippen molar-refractivity contribution in [2.45, 2.75) is 20.3 Å². The highest BCUT2D eigenvalue weighted by molar-refractivity contribution is 6.06. The number of fused-ring (bicyclic) bond motifs is 1. The van der Waals surface area contributed by atoms with Gasteiger partial charge < -0.3 is 0 Å². The van der Waals surface area contributed by atoms with E-state index in [4.69, 9.17) is 0 Å². The van der Waals surface area contributed by atoms with E-state index < -0.39 is 0 Å². The molecule has 2 nitrogen and oxygen atoms in total. The Morgan fingerprint density at radius 2 is 2.00 bits per heavy atom. The average molecular weight is 213 g/mol. The molecular weight excluding hydrogens is 198 g/mol. The number of carbonyl (C=O) groups excluding carboxylic acids is 1. The lowest BCUT2D eigenvalue weighted by atomic mass is 10.0. The fourth-order valence-electron chi connectivity index (χ4n) is 1.81. The van der Waals surface area contributed by atoms with Gasteiger partial charge in [0.15, 0.2) is 5.78 Å². The Morgan fingerprint density at radius 3 is 2.75 bits per heavy atom. The number of nitrogens with zero attached hydrogens (tertiary/aromatic N) is 1. The van der Waals surface area contributed by atoms with Crippen LogP contribution in [-0.4, -0.2) is 10.8 Å². The van der Waals surface area contributed by atoms with Gasteiger partial charge in [-0.15, -0.1) is 0 Å². The van der Waals surface area contributed by atoms with Crippen molar-refractivity contribution in [3.8, 4) is 0 Å². The monoisotopic (exact) mass is 213 g/mol. The standard InChI is InChI=1S/C14H15NO/c1-10(2)9-13(16)14-12-6-4-3-5-11(12)7-8-15-14/h3-8,10H,9H2,1-2H3. The Morgan fingerprint density at radius 1 is 1.25 bits per heavy atom. The van der Waals surface area contributed by atoms with Crippen molar-refractivity contribution in [1.29, 1.82) is 0 Å². The van der Waals surface area contributed by atoms with Crippen LogP contribution in [-0.2, 0) is 0 Å². The Balaban J connectivity index is 2.48. The van der Waals surface area contributed by atoms with Gasteiger partial charge in [-0.05, 0) is 17.4 Å². The molecule has 2 heteroatoms. The maximum Gasteiger partial charge on any atom is 0.182 e. The Kier molecular flexibility index (Phi) is 3.00. The molecule has 1 aromatic carbocycles. The molecule has 0 unspecified atom stereocenters. The lowest BCUT2D eigenvalue weighted by molar-refractivity contribution is 0.0965. The van der Waals surface area contributed by atoms with E-state index in [1.165, 1.54) is 0 Å². The van der Waals surface area contributed by atoms with Gasteiger partial charge >= 0.3 is 0 Å². The molecule has 2 rings (SSSR count). The Bertz CT molecular complexity index is 512. The summed E-state index contributed by atoms with van der Waals surface area (Å²) in [5.74, 6) is 0.500. The fourth-order valence-corrected chi connectivity index (χ4v) is 1.81. The normalized spacial score (nSPS) is 10.9. The predicted molar refractivity (Wildman–Crippen MR) is 65.5 cm³/mol. The van der Waals surface area contributed by atoms with Crippen LogP contribution in [0.15, 0.2) is 36.5 Å². The van der Waals surface area contributed by atoms with Gasteiger partial charge in [0.25, 0.3) is 0 Å². The van der Waals surface area contributed by atoms with E-state index in [1.54, 1.807) is 6.20 Å². The smallest absolute Gasteiger partial charge is 0.182 e. The second-order valence-corrected chi connectivity index (χ2v) is 4.40. The van der Waals surface area contributed by atoms with Gasteiger partial charge in [0.05, 0.1) is 0 Å². The van der Waals surface area contributed by atoms with Crippen LogP contribution in [0.2, 0.25) is 0 Å². The van der Waals surface area contributed by atoms with E-state index >= 15 is 0 Å². The second kappa shape index (κ2) is 4.44. The number of pyridine rings is 1. The summed E-state index contributed by atoms with van der Waals surface area (Å²) in [6, 6.07) is 9.80. The van der Waals surface area contributed by atoms with Crippen molar-refractivity contribution in [3.63, 3.8) is 0 Å². The zero-order valence-corrected chi connectivity index (χ0v) is 9.60. The van der Waals surface area contributed by atoms with Crippen LogP contribution in [0.5, 0.6) is 0 Å². The van der Waals surface area contributed by atoms with Crippen LogP contribution < -0.4 is 0 Å². The summed E-state index contributed by atoms with van der Waals surface area (Å²) in [5, 5.41) is 2.03. The van der Waals surface area contributed by atoms with Crippen molar-refractivity contribution in [2.75, 3.05) is 0 Å². The number of benzene rings is 1. The van der Waals surface area contributed by atoms with Crippen molar-refractivity contribution in [2.24, 2.45) is 5.92 Å². The zero-order chi connectivity index (χ0) is 11.5. The summed E-state index contributed by atoms with van der Waals surface area (Å²) in [5.41, 5.74) is 0.604. The number of ketones is 1. The first kappa shape index (κ1) is 10.8. The molecule has 0 saturated carbocycles. The van der Waals surface area contributed by atoms with E-state index in [0.29, 0.717) is 18.0 Å². The minimum Gasteiger partial charge on any atom is -0.292 e. The fraction of sp³-hybridized carbons (Fsp3) is 0.286. The summed E-state index contributed by atoms with van der Waals surface area (Å²) >= 11 is 0. The number of rotatable bonds is 3. The lowest BCUT2D eigenvalue weighted by Crippen LogP contribution is -2.06. The summed E-state index contributed by atoms with van der Waals surface area (Å²) in [7, 11) is 0. The number of Topliss-reactive ketones (excluding diaryl/α,β-unsaturated/α-hetero) is 1. The van der Waals surface area contributed by atoms with Gasteiger partial charge in [0.1, 0.15) is 5.69 Å². The Labute approximate surface area is 95.3 Å². The third-order valence-corrected chi connectivity index (χ3v) is 2.53. The lowest BCUT2D eigenvalue weighted by Gasteiger charge is -2.06. The SMILES string of the molecule is CC(C)CC(=O)c1nccc2ccccc12. The minimum absolute atomic E-state index is 0.131. The van der Waals surface area contributed by atoms with E-state index in [0.717, 1.165) is 10.8 Å². The van der Waals surface area contributed by atoms with Crippen molar-refractivity contribution in [1.82, 2.24) is 4.98 Å². The molecule has 1 heterocycles. The van der Waals surface area contributed by atoms with Gasteiger partial charge in [-0.3, -0.25) is 9.78 Å². The maximum atomic E-state index is 12.0. The number of carbonyl (C=O) groups is 1. The summed E-state index contributed by atoms with van der Waals surface area (Å²) in [4.78, 5) is 16.2. The largest absolute Gasteiger partial charge is 0.292 e. The van der Waals surface area contributed by atoms with Gasteiger partial charge in [-0.25, -0.2) is 0 Å². The maximum absolute atomic E-state index is 12.0. The van der Waals surface area contributed by atoms with Crippen LogP contribution in [0.3, 0.4) is 0 Å². The first-order valence-electron chi connectivity index (χ1n) is 5.55. The molecule has 0 atom stereocenters. The number of aromatic nitrogens is 1. The van der Waals surface area contributed by atoms with Crippen molar-refractivity contribution < 1.29 is 4.79 Å². The van der Waals surface area contributed by atoms with Gasteiger partial charge in [0, 0.05) is 18.0 Å². The molecule has 0 N–H and O–H groups in total. The van der Waals surface area contributed by atoms with E-state index in [9.17, 15) is 4.79 Å². The molecule has 0 spiro atoms. The van der Waals surface area contributed by atoms with Crippen LogP contribution >= 0.6 is 0 Å². The molecule has 0 fully saturated rings. The Hall–Kier alpha value is -1.70. The van der Waals surface area contributed by atoms with Gasteiger partial charge in [-0.2, -0.15) is 0 Å². The highest BCUT2D eigenvalue weighted by Crippen LogP contribution is 2.18. The third kappa shape index (κ3) is 2.11. The molecule has 1 aromatic heterocycles. The number of hydrogen-bond donors (Lipinski definition) is 0. The summed E-state index contributed by atoms with van der Waals surface area (Å²) < 4.78 is 0. The molecule has 0 aliphatic heterocycles. The topological polar surface area (TPSA) is 30.0 Å². The van der Waals surface area contributed by atoms with Crippen LogP contribution in [0.25, 0.3) is 10.8 Å². The molecule has 16 heavy (non-hydrogen) atoms. The molecule has 0 bridgehead atoms. The molecule has 0 radical (unpaired) electrons. The highest BCUT2D eigenvalue weighted by atomic mass is 16.1.